The van der Waals surface area contributed by atoms with Crippen LogP contribution in [0.1, 0.15) is 51.4 Å². The van der Waals surface area contributed by atoms with Crippen molar-refractivity contribution in [2.45, 2.75) is 51.4 Å². The normalized spacial score (nSPS) is 9.17. The van der Waals surface area contributed by atoms with E-state index >= 15 is 0 Å². The molecular weight excluding hydrogens is 320 g/mol. The fourth-order valence-corrected chi connectivity index (χ4v) is 1.49. The van der Waals surface area contributed by atoms with Gasteiger partial charge in [0.25, 0.3) is 0 Å². The number of ether oxygens (including phenoxy) is 4. The molecule has 0 rings (SSSR count). The molecule has 0 amide bonds. The number of carbonyl (C=O) groups is 4. The van der Waals surface area contributed by atoms with E-state index in [9.17, 15) is 19.2 Å². The van der Waals surface area contributed by atoms with Crippen molar-refractivity contribution < 1.29 is 38.1 Å². The molecule has 8 heteroatoms. The van der Waals surface area contributed by atoms with Gasteiger partial charge in [-0.3, -0.25) is 19.2 Å². The SMILES string of the molecule is COC(=O)CCCCC(=O)OC.COC(=O)CCCCC(=O)OC. The van der Waals surface area contributed by atoms with Crippen LogP contribution in [0.25, 0.3) is 0 Å². The highest BCUT2D eigenvalue weighted by Crippen LogP contribution is 2.02. The Morgan fingerprint density at radius 1 is 0.458 bits per heavy atom. The summed E-state index contributed by atoms with van der Waals surface area (Å²) in [6.07, 6.45) is 4.15. The van der Waals surface area contributed by atoms with Crippen molar-refractivity contribution in [2.75, 3.05) is 28.4 Å². The number of methoxy groups -OCH3 is 4. The molecule has 0 fully saturated rings. The number of hydrogen-bond donors (Lipinski definition) is 0. The average Bonchev–Trinajstić information content (AvgIpc) is 2.61. The maximum Gasteiger partial charge on any atom is 0.305 e. The molecule has 8 nitrogen and oxygen atoms in total. The van der Waals surface area contributed by atoms with E-state index in [1.165, 1.54) is 28.4 Å². The molecule has 0 N–H and O–H groups in total. The van der Waals surface area contributed by atoms with Crippen LogP contribution in [0.3, 0.4) is 0 Å². The Morgan fingerprint density at radius 2 is 0.625 bits per heavy atom. The third-order valence-electron chi connectivity index (χ3n) is 2.93. The Hall–Kier alpha value is -2.12. The lowest BCUT2D eigenvalue weighted by molar-refractivity contribution is -0.142. The first kappa shape index (κ1) is 24.1. The molecule has 0 atom stereocenters. The van der Waals surface area contributed by atoms with Crippen LogP contribution in [0, 0.1) is 0 Å². The Bertz CT molecular complexity index is 306. The summed E-state index contributed by atoms with van der Waals surface area (Å²) in [5, 5.41) is 0. The van der Waals surface area contributed by atoms with Gasteiger partial charge >= 0.3 is 23.9 Å². The van der Waals surface area contributed by atoms with Crippen LogP contribution < -0.4 is 0 Å². The summed E-state index contributed by atoms with van der Waals surface area (Å²) in [5.41, 5.74) is 0. The van der Waals surface area contributed by atoms with Crippen molar-refractivity contribution >= 4 is 23.9 Å². The van der Waals surface area contributed by atoms with Crippen LogP contribution in [-0.2, 0) is 38.1 Å². The second kappa shape index (κ2) is 17.2. The molecule has 140 valence electrons. The first-order valence-corrected chi connectivity index (χ1v) is 7.68. The summed E-state index contributed by atoms with van der Waals surface area (Å²) < 4.78 is 17.7. The van der Waals surface area contributed by atoms with Gasteiger partial charge in [-0.15, -0.1) is 0 Å². The zero-order chi connectivity index (χ0) is 18.8. The van der Waals surface area contributed by atoms with E-state index in [1.807, 2.05) is 0 Å². The molecule has 0 aliphatic carbocycles. The molecule has 0 aromatic rings. The van der Waals surface area contributed by atoms with Crippen molar-refractivity contribution in [3.63, 3.8) is 0 Å². The molecule has 0 radical (unpaired) electrons. The van der Waals surface area contributed by atoms with Gasteiger partial charge < -0.3 is 18.9 Å². The number of hydrogen-bond acceptors (Lipinski definition) is 8. The molecule has 0 aromatic heterocycles. The first-order chi connectivity index (χ1) is 11.4. The maximum atomic E-state index is 10.6. The van der Waals surface area contributed by atoms with E-state index in [2.05, 4.69) is 18.9 Å². The second-order valence-electron chi connectivity index (χ2n) is 4.72. The van der Waals surface area contributed by atoms with Gasteiger partial charge in [-0.2, -0.15) is 0 Å². The summed E-state index contributed by atoms with van der Waals surface area (Å²) in [7, 11) is 5.40. The number of unbranched alkanes of at least 4 members (excludes halogenated alkanes) is 2. The standard InChI is InChI=1S/2C8H14O4/c2*1-11-7(9)5-3-4-6-8(10)12-2/h2*3-6H2,1-2H3. The van der Waals surface area contributed by atoms with Gasteiger partial charge in [0.2, 0.25) is 0 Å². The van der Waals surface area contributed by atoms with Crippen LogP contribution in [-0.4, -0.2) is 52.3 Å². The highest BCUT2D eigenvalue weighted by molar-refractivity contribution is 5.70. The maximum absolute atomic E-state index is 10.6. The van der Waals surface area contributed by atoms with Gasteiger partial charge in [-0.1, -0.05) is 0 Å². The Balaban J connectivity index is 0. The van der Waals surface area contributed by atoms with Crippen molar-refractivity contribution in [1.82, 2.24) is 0 Å². The zero-order valence-electron chi connectivity index (χ0n) is 14.9. The van der Waals surface area contributed by atoms with Crippen molar-refractivity contribution in [1.29, 1.82) is 0 Å². The molecule has 0 spiro atoms. The Labute approximate surface area is 142 Å². The second-order valence-corrected chi connectivity index (χ2v) is 4.72. The van der Waals surface area contributed by atoms with E-state index < -0.39 is 0 Å². The first-order valence-electron chi connectivity index (χ1n) is 7.68. The number of esters is 4. The van der Waals surface area contributed by atoms with Gasteiger partial charge in [0.1, 0.15) is 0 Å². The quantitative estimate of drug-likeness (QED) is 0.334. The summed E-state index contributed by atoms with van der Waals surface area (Å²) in [4.78, 5) is 42.4. The Morgan fingerprint density at radius 3 is 0.750 bits per heavy atom. The molecule has 24 heavy (non-hydrogen) atoms. The summed E-state index contributed by atoms with van der Waals surface area (Å²) in [5.74, 6) is -0.945. The van der Waals surface area contributed by atoms with Crippen molar-refractivity contribution in [3.8, 4) is 0 Å². The third-order valence-corrected chi connectivity index (χ3v) is 2.93. The highest BCUT2D eigenvalue weighted by atomic mass is 16.5. The summed E-state index contributed by atoms with van der Waals surface area (Å²) in [6, 6.07) is 0. The molecule has 0 aliphatic rings. The summed E-state index contributed by atoms with van der Waals surface area (Å²) in [6.45, 7) is 0. The molecule has 0 saturated carbocycles. The van der Waals surface area contributed by atoms with Crippen molar-refractivity contribution in [3.05, 3.63) is 0 Å². The molecule has 0 saturated heterocycles. The molecular formula is C16H28O8. The van der Waals surface area contributed by atoms with Gasteiger partial charge in [-0.25, -0.2) is 0 Å². The number of carbonyl (C=O) groups excluding carboxylic acids is 4. The fourth-order valence-electron chi connectivity index (χ4n) is 1.49. The largest absolute Gasteiger partial charge is 0.469 e. The third kappa shape index (κ3) is 17.9. The smallest absolute Gasteiger partial charge is 0.305 e. The lowest BCUT2D eigenvalue weighted by atomic mass is 10.2. The highest BCUT2D eigenvalue weighted by Gasteiger charge is 2.03. The van der Waals surface area contributed by atoms with Crippen molar-refractivity contribution in [2.24, 2.45) is 0 Å². The van der Waals surface area contributed by atoms with E-state index in [0.717, 1.165) is 0 Å². The van der Waals surface area contributed by atoms with E-state index in [1.54, 1.807) is 0 Å². The minimum absolute atomic E-state index is 0.236. The monoisotopic (exact) mass is 348 g/mol. The lowest BCUT2D eigenvalue weighted by Gasteiger charge is -1.98. The van der Waals surface area contributed by atoms with Crippen LogP contribution >= 0.6 is 0 Å². The fraction of sp³-hybridized carbons (Fsp3) is 0.750. The minimum Gasteiger partial charge on any atom is -0.469 e. The minimum atomic E-state index is -0.236. The predicted molar refractivity (Wildman–Crippen MR) is 85.0 cm³/mol. The average molecular weight is 348 g/mol. The molecule has 0 aromatic carbocycles. The summed E-state index contributed by atoms with van der Waals surface area (Å²) >= 11 is 0. The van der Waals surface area contributed by atoms with Crippen LogP contribution in [0.2, 0.25) is 0 Å². The molecule has 0 unspecified atom stereocenters. The van der Waals surface area contributed by atoms with Crippen LogP contribution in [0.15, 0.2) is 0 Å². The Kier molecular flexibility index (Phi) is 17.3. The van der Waals surface area contributed by atoms with Gasteiger partial charge in [-0.05, 0) is 25.7 Å². The van der Waals surface area contributed by atoms with Crippen LogP contribution in [0.5, 0.6) is 0 Å². The van der Waals surface area contributed by atoms with Gasteiger partial charge in [0.05, 0.1) is 28.4 Å². The topological polar surface area (TPSA) is 105 Å². The van der Waals surface area contributed by atoms with Gasteiger partial charge in [0.15, 0.2) is 0 Å². The van der Waals surface area contributed by atoms with Crippen LogP contribution in [0.4, 0.5) is 0 Å². The predicted octanol–water partition coefficient (Wildman–Crippen LogP) is 1.79. The lowest BCUT2D eigenvalue weighted by Crippen LogP contribution is -2.02. The zero-order valence-corrected chi connectivity index (χ0v) is 14.9. The van der Waals surface area contributed by atoms with E-state index in [0.29, 0.717) is 51.4 Å². The molecule has 0 bridgehead atoms. The number of rotatable bonds is 10. The molecule has 0 aliphatic heterocycles. The van der Waals surface area contributed by atoms with E-state index in [4.69, 9.17) is 0 Å². The van der Waals surface area contributed by atoms with Gasteiger partial charge in [0, 0.05) is 25.7 Å². The van der Waals surface area contributed by atoms with E-state index in [-0.39, 0.29) is 23.9 Å². The molecule has 0 heterocycles.